The first kappa shape index (κ1) is 18.5. The van der Waals surface area contributed by atoms with Gasteiger partial charge in [0.05, 0.1) is 11.0 Å². The summed E-state index contributed by atoms with van der Waals surface area (Å²) in [7, 11) is 0. The molecule has 0 bridgehead atoms. The molecule has 6 heteroatoms. The number of carbonyl (C=O) groups is 2. The maximum Gasteiger partial charge on any atom is 0.255 e. The second kappa shape index (κ2) is 8.36. The molecule has 0 radical (unpaired) electrons. The van der Waals surface area contributed by atoms with Crippen LogP contribution in [0, 0.1) is 5.41 Å². The van der Waals surface area contributed by atoms with E-state index in [9.17, 15) is 9.59 Å². The number of hydrogen-bond acceptors (Lipinski definition) is 4. The largest absolute Gasteiger partial charge is 0.489 e. The first-order chi connectivity index (χ1) is 12.6. The van der Waals surface area contributed by atoms with Crippen molar-refractivity contribution >= 4 is 11.8 Å². The first-order valence-electron chi connectivity index (χ1n) is 9.27. The van der Waals surface area contributed by atoms with Gasteiger partial charge in [-0.15, -0.1) is 0 Å². The van der Waals surface area contributed by atoms with Crippen LogP contribution in [0.5, 0.6) is 5.75 Å². The summed E-state index contributed by atoms with van der Waals surface area (Å²) < 4.78 is 5.78. The van der Waals surface area contributed by atoms with Crippen LogP contribution in [0.15, 0.2) is 36.4 Å². The van der Waals surface area contributed by atoms with Crippen LogP contribution in [-0.4, -0.2) is 44.1 Å². The van der Waals surface area contributed by atoms with E-state index in [-0.39, 0.29) is 17.9 Å². The van der Waals surface area contributed by atoms with Crippen LogP contribution in [0.4, 0.5) is 0 Å². The zero-order valence-electron chi connectivity index (χ0n) is 15.2. The summed E-state index contributed by atoms with van der Waals surface area (Å²) in [4.78, 5) is 25.4. The number of rotatable bonds is 0. The van der Waals surface area contributed by atoms with Crippen LogP contribution >= 0.6 is 0 Å². The maximum absolute atomic E-state index is 12.9. The van der Waals surface area contributed by atoms with Gasteiger partial charge in [-0.2, -0.15) is 0 Å². The summed E-state index contributed by atoms with van der Waals surface area (Å²) in [5.74, 6) is 0.420. The highest BCUT2D eigenvalue weighted by molar-refractivity contribution is 5.97. The standard InChI is InChI=1S/C20H27N3O3/c1-15-13-22-19(25)20(10-6-11-21-14-20)9-4-5-12-26-17-8-3-2-7-16(17)18(24)23-15/h2-5,7-8,15,21H,6,9-14H2,1H3,(H,22,25)(H,23,24)/b5-4-/t15-,20-/m0/s1. The lowest BCUT2D eigenvalue weighted by Crippen LogP contribution is -2.52. The lowest BCUT2D eigenvalue weighted by molar-refractivity contribution is -0.132. The zero-order valence-corrected chi connectivity index (χ0v) is 15.2. The van der Waals surface area contributed by atoms with E-state index in [4.69, 9.17) is 4.74 Å². The average molecular weight is 357 g/mol. The third-order valence-corrected chi connectivity index (χ3v) is 5.04. The van der Waals surface area contributed by atoms with Crippen LogP contribution in [0.25, 0.3) is 0 Å². The molecule has 1 fully saturated rings. The number of para-hydroxylation sites is 1. The molecule has 140 valence electrons. The minimum Gasteiger partial charge on any atom is -0.489 e. The highest BCUT2D eigenvalue weighted by atomic mass is 16.5. The van der Waals surface area contributed by atoms with E-state index in [0.717, 1.165) is 19.4 Å². The molecule has 2 amide bonds. The van der Waals surface area contributed by atoms with Gasteiger partial charge in [-0.1, -0.05) is 24.3 Å². The van der Waals surface area contributed by atoms with Gasteiger partial charge in [-0.25, -0.2) is 0 Å². The van der Waals surface area contributed by atoms with Crippen LogP contribution in [0.2, 0.25) is 0 Å². The van der Waals surface area contributed by atoms with Crippen molar-refractivity contribution in [1.29, 1.82) is 0 Å². The predicted molar refractivity (Wildman–Crippen MR) is 100 cm³/mol. The zero-order chi connectivity index (χ0) is 18.4. The van der Waals surface area contributed by atoms with Crippen LogP contribution in [-0.2, 0) is 4.79 Å². The number of hydrogen-bond donors (Lipinski definition) is 3. The molecule has 1 spiro atoms. The number of amides is 2. The summed E-state index contributed by atoms with van der Waals surface area (Å²) in [6, 6.07) is 7.03. The van der Waals surface area contributed by atoms with Gasteiger partial charge in [0.15, 0.2) is 0 Å². The molecule has 1 aromatic rings. The number of carbonyl (C=O) groups excluding carboxylic acids is 2. The number of allylic oxidation sites excluding steroid dienone is 1. The molecule has 0 saturated carbocycles. The van der Waals surface area contributed by atoms with Gasteiger partial charge in [0.25, 0.3) is 5.91 Å². The minimum atomic E-state index is -0.430. The van der Waals surface area contributed by atoms with Crippen LogP contribution in [0.1, 0.15) is 36.5 Å². The predicted octanol–water partition coefficient (Wildman–Crippen LogP) is 1.63. The van der Waals surface area contributed by atoms with Crippen molar-refractivity contribution in [1.82, 2.24) is 16.0 Å². The van der Waals surface area contributed by atoms with E-state index in [1.54, 1.807) is 12.1 Å². The number of benzene rings is 1. The lowest BCUT2D eigenvalue weighted by atomic mass is 9.76. The van der Waals surface area contributed by atoms with Gasteiger partial charge in [0, 0.05) is 19.1 Å². The van der Waals surface area contributed by atoms with Crippen molar-refractivity contribution in [2.24, 2.45) is 5.41 Å². The number of piperidine rings is 1. The number of ether oxygens (including phenoxy) is 1. The Morgan fingerprint density at radius 1 is 1.19 bits per heavy atom. The van der Waals surface area contributed by atoms with Gasteiger partial charge in [-0.05, 0) is 44.9 Å². The Balaban J connectivity index is 1.81. The van der Waals surface area contributed by atoms with E-state index in [0.29, 0.717) is 37.4 Å². The van der Waals surface area contributed by atoms with E-state index in [1.807, 2.05) is 31.2 Å². The van der Waals surface area contributed by atoms with Gasteiger partial charge < -0.3 is 20.7 Å². The molecule has 6 nitrogen and oxygen atoms in total. The molecule has 0 aromatic heterocycles. The van der Waals surface area contributed by atoms with E-state index in [2.05, 4.69) is 16.0 Å². The summed E-state index contributed by atoms with van der Waals surface area (Å²) in [6.45, 7) is 4.28. The Kier molecular flexibility index (Phi) is 5.93. The highest BCUT2D eigenvalue weighted by Gasteiger charge is 2.38. The summed E-state index contributed by atoms with van der Waals surface area (Å²) in [5.41, 5.74) is 0.0737. The molecule has 2 aliphatic heterocycles. The van der Waals surface area contributed by atoms with Gasteiger partial charge in [0.1, 0.15) is 12.4 Å². The average Bonchev–Trinajstić information content (AvgIpc) is 2.66. The van der Waals surface area contributed by atoms with Crippen molar-refractivity contribution < 1.29 is 14.3 Å². The molecular weight excluding hydrogens is 330 g/mol. The molecule has 0 unspecified atom stereocenters. The van der Waals surface area contributed by atoms with Crippen molar-refractivity contribution in [3.05, 3.63) is 42.0 Å². The molecule has 3 rings (SSSR count). The lowest BCUT2D eigenvalue weighted by Gasteiger charge is -2.36. The van der Waals surface area contributed by atoms with E-state index >= 15 is 0 Å². The molecule has 0 aliphatic carbocycles. The molecular formula is C20H27N3O3. The van der Waals surface area contributed by atoms with Crippen LogP contribution < -0.4 is 20.7 Å². The second-order valence-electron chi connectivity index (χ2n) is 7.13. The molecule has 3 N–H and O–H groups in total. The topological polar surface area (TPSA) is 79.5 Å². The van der Waals surface area contributed by atoms with Crippen LogP contribution in [0.3, 0.4) is 0 Å². The van der Waals surface area contributed by atoms with Crippen molar-refractivity contribution in [3.63, 3.8) is 0 Å². The van der Waals surface area contributed by atoms with Crippen molar-refractivity contribution in [2.45, 2.75) is 32.2 Å². The fraction of sp³-hybridized carbons (Fsp3) is 0.500. The van der Waals surface area contributed by atoms with E-state index in [1.165, 1.54) is 0 Å². The molecule has 2 heterocycles. The Morgan fingerprint density at radius 2 is 2.04 bits per heavy atom. The SMILES string of the molecule is C[C@H]1CNC(=O)[C@@]2(C/C=C\COc3ccccc3C(=O)N1)CCCNC2. The highest BCUT2D eigenvalue weighted by Crippen LogP contribution is 2.31. The van der Waals surface area contributed by atoms with Crippen molar-refractivity contribution in [3.8, 4) is 5.75 Å². The third-order valence-electron chi connectivity index (χ3n) is 5.04. The quantitative estimate of drug-likeness (QED) is 0.617. The first-order valence-corrected chi connectivity index (χ1v) is 9.27. The molecule has 2 aliphatic rings. The Bertz CT molecular complexity index is 681. The molecule has 2 atom stereocenters. The maximum atomic E-state index is 12.9. The molecule has 26 heavy (non-hydrogen) atoms. The van der Waals surface area contributed by atoms with E-state index < -0.39 is 5.41 Å². The summed E-state index contributed by atoms with van der Waals surface area (Å²) >= 11 is 0. The smallest absolute Gasteiger partial charge is 0.255 e. The number of nitrogens with one attached hydrogen (secondary N) is 3. The molecule has 1 aromatic carbocycles. The van der Waals surface area contributed by atoms with Gasteiger partial charge in [-0.3, -0.25) is 9.59 Å². The minimum absolute atomic E-state index is 0.0498. The fourth-order valence-electron chi connectivity index (χ4n) is 3.51. The normalized spacial score (nSPS) is 28.9. The second-order valence-corrected chi connectivity index (χ2v) is 7.13. The van der Waals surface area contributed by atoms with Crippen molar-refractivity contribution in [2.75, 3.05) is 26.2 Å². The monoisotopic (exact) mass is 357 g/mol. The van der Waals surface area contributed by atoms with Gasteiger partial charge >= 0.3 is 0 Å². The van der Waals surface area contributed by atoms with Gasteiger partial charge in [0.2, 0.25) is 5.91 Å². The summed E-state index contributed by atoms with van der Waals surface area (Å²) in [5, 5.41) is 9.31. The third kappa shape index (κ3) is 4.25. The Labute approximate surface area is 154 Å². The fourth-order valence-corrected chi connectivity index (χ4v) is 3.51. The molecule has 1 saturated heterocycles. The Morgan fingerprint density at radius 3 is 2.85 bits per heavy atom. The summed E-state index contributed by atoms with van der Waals surface area (Å²) in [6.07, 6.45) is 6.47. The Hall–Kier alpha value is -2.34. The number of fused-ring (bicyclic) bond motifs is 1.